The summed E-state index contributed by atoms with van der Waals surface area (Å²) in [5.41, 5.74) is 2.85. The lowest BCUT2D eigenvalue weighted by Gasteiger charge is -2.24. The average Bonchev–Trinajstić information content (AvgIpc) is 2.03. The van der Waals surface area contributed by atoms with Crippen LogP contribution in [0.15, 0.2) is 23.1 Å². The zero-order chi connectivity index (χ0) is 8.55. The highest BCUT2D eigenvalue weighted by atomic mass is 32.2. The van der Waals surface area contributed by atoms with Gasteiger partial charge in [-0.3, -0.25) is 4.90 Å². The summed E-state index contributed by atoms with van der Waals surface area (Å²) in [6.45, 7) is 3.25. The molecule has 0 bridgehead atoms. The van der Waals surface area contributed by atoms with Gasteiger partial charge in [0.25, 0.3) is 0 Å². The Bertz CT molecular complexity index is 296. The van der Waals surface area contributed by atoms with Crippen LogP contribution in [0.1, 0.15) is 11.1 Å². The van der Waals surface area contributed by atoms with Crippen molar-refractivity contribution in [2.45, 2.75) is 18.4 Å². The molecule has 1 aromatic carbocycles. The summed E-state index contributed by atoms with van der Waals surface area (Å²) in [6.07, 6.45) is 0. The van der Waals surface area contributed by atoms with Crippen molar-refractivity contribution in [1.82, 2.24) is 4.90 Å². The number of fused-ring (bicyclic) bond motifs is 1. The summed E-state index contributed by atoms with van der Waals surface area (Å²) >= 11 is 1.93. The van der Waals surface area contributed by atoms with Crippen LogP contribution in [-0.4, -0.2) is 17.8 Å². The average molecular weight is 179 g/mol. The highest BCUT2D eigenvalue weighted by Gasteiger charge is 2.12. The van der Waals surface area contributed by atoms with Crippen LogP contribution in [0.25, 0.3) is 0 Å². The quantitative estimate of drug-likeness (QED) is 0.602. The largest absolute Gasteiger partial charge is 0.293 e. The van der Waals surface area contributed by atoms with Gasteiger partial charge in [-0.25, -0.2) is 0 Å². The molecule has 2 heteroatoms. The normalized spacial score (nSPS) is 17.5. The van der Waals surface area contributed by atoms with Crippen molar-refractivity contribution in [3.05, 3.63) is 29.3 Å². The lowest BCUT2D eigenvalue weighted by atomic mass is 10.1. The maximum absolute atomic E-state index is 2.34. The number of hydrogen-bond donors (Lipinski definition) is 0. The Balaban J connectivity index is 2.37. The van der Waals surface area contributed by atoms with E-state index in [2.05, 4.69) is 37.1 Å². The Morgan fingerprint density at radius 2 is 2.25 bits per heavy atom. The number of thioether (sulfide) groups is 1. The molecule has 0 fully saturated rings. The minimum absolute atomic E-state index is 1.10. The van der Waals surface area contributed by atoms with Crippen LogP contribution in [0.3, 0.4) is 0 Å². The van der Waals surface area contributed by atoms with Crippen molar-refractivity contribution >= 4 is 11.8 Å². The zero-order valence-corrected chi connectivity index (χ0v) is 8.32. The molecule has 1 aliphatic heterocycles. The van der Waals surface area contributed by atoms with Crippen molar-refractivity contribution in [2.24, 2.45) is 0 Å². The van der Waals surface area contributed by atoms with Gasteiger partial charge in [0, 0.05) is 17.3 Å². The van der Waals surface area contributed by atoms with Crippen molar-refractivity contribution in [3.63, 3.8) is 0 Å². The molecule has 0 aromatic heterocycles. The third kappa shape index (κ3) is 1.50. The van der Waals surface area contributed by atoms with Crippen molar-refractivity contribution in [3.8, 4) is 0 Å². The zero-order valence-electron chi connectivity index (χ0n) is 7.50. The van der Waals surface area contributed by atoms with Crippen LogP contribution in [-0.2, 0) is 6.54 Å². The Labute approximate surface area is 77.8 Å². The van der Waals surface area contributed by atoms with E-state index in [4.69, 9.17) is 0 Å². The molecule has 0 atom stereocenters. The number of benzene rings is 1. The second-order valence-corrected chi connectivity index (χ2v) is 4.39. The van der Waals surface area contributed by atoms with Crippen molar-refractivity contribution in [1.29, 1.82) is 0 Å². The molecule has 1 aliphatic rings. The lowest BCUT2D eigenvalue weighted by molar-refractivity contribution is 0.376. The predicted molar refractivity (Wildman–Crippen MR) is 53.4 cm³/mol. The van der Waals surface area contributed by atoms with Gasteiger partial charge in [-0.2, -0.15) is 0 Å². The first kappa shape index (κ1) is 8.14. The van der Waals surface area contributed by atoms with Crippen LogP contribution in [0, 0.1) is 6.92 Å². The highest BCUT2D eigenvalue weighted by molar-refractivity contribution is 7.99. The molecule has 0 N–H and O–H groups in total. The Kier molecular flexibility index (Phi) is 2.11. The van der Waals surface area contributed by atoms with Crippen LogP contribution in [0.2, 0.25) is 0 Å². The van der Waals surface area contributed by atoms with Gasteiger partial charge in [-0.05, 0) is 25.6 Å². The first-order valence-electron chi connectivity index (χ1n) is 4.16. The fourth-order valence-electron chi connectivity index (χ4n) is 1.49. The second-order valence-electron chi connectivity index (χ2n) is 3.40. The van der Waals surface area contributed by atoms with Crippen molar-refractivity contribution in [2.75, 3.05) is 12.9 Å². The van der Waals surface area contributed by atoms with Gasteiger partial charge < -0.3 is 0 Å². The summed E-state index contributed by atoms with van der Waals surface area (Å²) < 4.78 is 0. The smallest absolute Gasteiger partial charge is 0.0492 e. The fourth-order valence-corrected chi connectivity index (χ4v) is 2.41. The minimum atomic E-state index is 1.10. The van der Waals surface area contributed by atoms with Gasteiger partial charge in [-0.1, -0.05) is 17.7 Å². The fraction of sp³-hybridized carbons (Fsp3) is 0.400. The molecule has 1 aromatic rings. The maximum Gasteiger partial charge on any atom is 0.0492 e. The molecule has 0 saturated carbocycles. The first-order valence-corrected chi connectivity index (χ1v) is 5.15. The number of aryl methyl sites for hydroxylation is 1. The van der Waals surface area contributed by atoms with E-state index in [9.17, 15) is 0 Å². The maximum atomic E-state index is 2.34. The standard InChI is InChI=1S/C10H13NS/c1-8-3-4-10-9(5-8)6-11(2)7-12-10/h3-5H,6-7H2,1-2H3. The summed E-state index contributed by atoms with van der Waals surface area (Å²) in [5.74, 6) is 1.12. The van der Waals surface area contributed by atoms with Gasteiger partial charge >= 0.3 is 0 Å². The van der Waals surface area contributed by atoms with Crippen LogP contribution in [0.5, 0.6) is 0 Å². The summed E-state index contributed by atoms with van der Waals surface area (Å²) in [5, 5.41) is 0. The SMILES string of the molecule is Cc1ccc2c(c1)CN(C)CS2. The van der Waals surface area contributed by atoms with E-state index in [-0.39, 0.29) is 0 Å². The summed E-state index contributed by atoms with van der Waals surface area (Å²) in [6, 6.07) is 6.72. The second kappa shape index (κ2) is 3.11. The third-order valence-electron chi connectivity index (χ3n) is 2.10. The molecular weight excluding hydrogens is 166 g/mol. The molecule has 0 unspecified atom stereocenters. The molecule has 12 heavy (non-hydrogen) atoms. The first-order chi connectivity index (χ1) is 5.75. The Hall–Kier alpha value is -0.470. The molecule has 1 heterocycles. The minimum Gasteiger partial charge on any atom is -0.293 e. The third-order valence-corrected chi connectivity index (χ3v) is 3.38. The molecule has 0 spiro atoms. The molecule has 64 valence electrons. The molecule has 1 nitrogen and oxygen atoms in total. The van der Waals surface area contributed by atoms with E-state index in [1.807, 2.05) is 11.8 Å². The summed E-state index contributed by atoms with van der Waals surface area (Å²) in [4.78, 5) is 3.80. The van der Waals surface area contributed by atoms with E-state index in [0.29, 0.717) is 0 Å². The topological polar surface area (TPSA) is 3.24 Å². The van der Waals surface area contributed by atoms with Crippen LogP contribution < -0.4 is 0 Å². The summed E-state index contributed by atoms with van der Waals surface area (Å²) in [7, 11) is 2.16. The highest BCUT2D eigenvalue weighted by Crippen LogP contribution is 2.29. The molecular formula is C10H13NS. The van der Waals surface area contributed by atoms with Crippen LogP contribution in [0.4, 0.5) is 0 Å². The van der Waals surface area contributed by atoms with Gasteiger partial charge in [0.1, 0.15) is 0 Å². The van der Waals surface area contributed by atoms with Gasteiger partial charge in [0.2, 0.25) is 0 Å². The van der Waals surface area contributed by atoms with Crippen molar-refractivity contribution < 1.29 is 0 Å². The van der Waals surface area contributed by atoms with Gasteiger partial charge in [0.15, 0.2) is 0 Å². The number of nitrogens with zero attached hydrogens (tertiary/aromatic N) is 1. The number of hydrogen-bond acceptors (Lipinski definition) is 2. The molecule has 0 radical (unpaired) electrons. The lowest BCUT2D eigenvalue weighted by Crippen LogP contribution is -2.21. The number of rotatable bonds is 0. The Morgan fingerprint density at radius 1 is 1.42 bits per heavy atom. The van der Waals surface area contributed by atoms with E-state index < -0.39 is 0 Å². The predicted octanol–water partition coefficient (Wildman–Crippen LogP) is 2.49. The van der Waals surface area contributed by atoms with E-state index in [1.54, 1.807) is 0 Å². The van der Waals surface area contributed by atoms with E-state index >= 15 is 0 Å². The van der Waals surface area contributed by atoms with E-state index in [0.717, 1.165) is 12.4 Å². The molecule has 0 saturated heterocycles. The molecule has 0 amide bonds. The molecule has 0 aliphatic carbocycles. The van der Waals surface area contributed by atoms with Gasteiger partial charge in [0.05, 0.1) is 0 Å². The van der Waals surface area contributed by atoms with Crippen LogP contribution >= 0.6 is 11.8 Å². The Morgan fingerprint density at radius 3 is 3.08 bits per heavy atom. The van der Waals surface area contributed by atoms with E-state index in [1.165, 1.54) is 16.0 Å². The monoisotopic (exact) mass is 179 g/mol. The van der Waals surface area contributed by atoms with Gasteiger partial charge in [-0.15, -0.1) is 11.8 Å². The molecule has 2 rings (SSSR count).